The number of pyridine rings is 2. The van der Waals surface area contributed by atoms with Gasteiger partial charge in [-0.15, -0.1) is 0 Å². The number of anilines is 2. The summed E-state index contributed by atoms with van der Waals surface area (Å²) in [4.78, 5) is 30.0. The molecule has 1 unspecified atom stereocenters. The number of nitrogens with zero attached hydrogens (tertiary/aromatic N) is 5. The van der Waals surface area contributed by atoms with Crippen molar-refractivity contribution >= 4 is 39.5 Å². The second-order valence-electron chi connectivity index (χ2n) is 14.1. The van der Waals surface area contributed by atoms with Gasteiger partial charge in [-0.3, -0.25) is 19.6 Å². The van der Waals surface area contributed by atoms with Gasteiger partial charge in [-0.2, -0.15) is 8.78 Å². The Morgan fingerprint density at radius 3 is 2.57 bits per heavy atom. The van der Waals surface area contributed by atoms with E-state index >= 15 is 0 Å². The van der Waals surface area contributed by atoms with E-state index in [9.17, 15) is 23.8 Å². The van der Waals surface area contributed by atoms with Gasteiger partial charge in [-0.05, 0) is 97.8 Å². The number of hydrogen-bond acceptors (Lipinski definition) is 10. The minimum absolute atomic E-state index is 0.0687. The third kappa shape index (κ3) is 7.09. The minimum Gasteiger partial charge on any atom is -0.480 e. The van der Waals surface area contributed by atoms with Gasteiger partial charge in [0.15, 0.2) is 11.4 Å². The van der Waals surface area contributed by atoms with Gasteiger partial charge in [-0.25, -0.2) is 9.97 Å². The van der Waals surface area contributed by atoms with E-state index in [1.165, 1.54) is 6.07 Å². The van der Waals surface area contributed by atoms with Crippen LogP contribution >= 0.6 is 0 Å². The molecule has 5 heterocycles. The molecule has 2 aliphatic heterocycles. The molecule has 2 atom stereocenters. The van der Waals surface area contributed by atoms with E-state index in [0.717, 1.165) is 69.5 Å². The number of aliphatic carboxylic acids is 1. The van der Waals surface area contributed by atoms with Crippen molar-refractivity contribution in [2.45, 2.75) is 65.0 Å². The molecule has 2 aliphatic rings. The van der Waals surface area contributed by atoms with Crippen molar-refractivity contribution in [2.24, 2.45) is 0 Å². The lowest BCUT2D eigenvalue weighted by Gasteiger charge is -2.22. The molecule has 0 saturated carbocycles. The highest BCUT2D eigenvalue weighted by Gasteiger charge is 2.31. The number of oxazole rings is 1. The van der Waals surface area contributed by atoms with Crippen molar-refractivity contribution in [1.82, 2.24) is 24.8 Å². The second-order valence-corrected chi connectivity index (χ2v) is 14.1. The molecule has 6 aromatic rings. The Balaban J connectivity index is 1.08. The average molecular weight is 735 g/mol. The van der Waals surface area contributed by atoms with Gasteiger partial charge in [0, 0.05) is 66.8 Å². The lowest BCUT2D eigenvalue weighted by atomic mass is 9.93. The fourth-order valence-corrected chi connectivity index (χ4v) is 7.80. The molecule has 3 aromatic heterocycles. The predicted molar refractivity (Wildman–Crippen MR) is 201 cm³/mol. The third-order valence-electron chi connectivity index (χ3n) is 10.6. The van der Waals surface area contributed by atoms with Gasteiger partial charge in [0.25, 0.3) is 0 Å². The maximum atomic E-state index is 13.5. The van der Waals surface area contributed by atoms with Crippen molar-refractivity contribution in [3.8, 4) is 28.3 Å². The van der Waals surface area contributed by atoms with Gasteiger partial charge in [0.1, 0.15) is 22.8 Å². The second kappa shape index (κ2) is 14.7. The highest BCUT2D eigenvalue weighted by Crippen LogP contribution is 2.39. The van der Waals surface area contributed by atoms with Crippen LogP contribution in [0, 0.1) is 13.8 Å². The summed E-state index contributed by atoms with van der Waals surface area (Å²) in [5.41, 5.74) is 8.48. The van der Waals surface area contributed by atoms with Crippen LogP contribution in [-0.2, 0) is 17.9 Å². The van der Waals surface area contributed by atoms with E-state index in [-0.39, 0.29) is 24.0 Å². The van der Waals surface area contributed by atoms with E-state index in [1.807, 2.05) is 56.4 Å². The highest BCUT2D eigenvalue weighted by molar-refractivity contribution is 5.91. The Hall–Kier alpha value is -5.50. The van der Waals surface area contributed by atoms with Crippen LogP contribution in [0.5, 0.6) is 5.75 Å². The average Bonchev–Trinajstić information content (AvgIpc) is 3.89. The summed E-state index contributed by atoms with van der Waals surface area (Å²) < 4.78 is 38.0. The Bertz CT molecular complexity index is 2370. The van der Waals surface area contributed by atoms with Crippen LogP contribution in [0.2, 0.25) is 0 Å². The summed E-state index contributed by atoms with van der Waals surface area (Å²) in [6.07, 6.45) is 5.37. The number of benzene rings is 3. The molecular formula is C41H40F2N6O5. The molecule has 2 fully saturated rings. The van der Waals surface area contributed by atoms with Crippen molar-refractivity contribution in [1.29, 1.82) is 0 Å². The van der Waals surface area contributed by atoms with E-state index in [1.54, 1.807) is 17.2 Å². The topological polar surface area (TPSA) is 137 Å². The third-order valence-corrected chi connectivity index (χ3v) is 10.6. The number of carboxylic acid groups (broad SMARTS) is 1. The fraction of sp³-hybridized carbons (Fsp3) is 0.317. The maximum absolute atomic E-state index is 13.5. The molecule has 11 nitrogen and oxygen atoms in total. The van der Waals surface area contributed by atoms with Crippen LogP contribution in [0.1, 0.15) is 41.5 Å². The monoisotopic (exact) mass is 734 g/mol. The number of β-amino-alcohol motifs (C(OH)–C–C–N with tert-alkyl or cyclic N) is 1. The van der Waals surface area contributed by atoms with E-state index < -0.39 is 18.6 Å². The Kier molecular flexibility index (Phi) is 9.69. The Morgan fingerprint density at radius 2 is 1.80 bits per heavy atom. The molecule has 0 aliphatic carbocycles. The Morgan fingerprint density at radius 1 is 1.00 bits per heavy atom. The standard InChI is InChI=1S/C41H40F2N6O5/c1-23-29(30-7-4-9-32(24(30)2)46-38-37-26(11-13-44-38)16-25(19-45-37)20-48-15-12-28(50)22-48)6-3-8-31(23)39-47-33-17-27(21-49-14-5-10-34(49)40(51)52)35(54-41(42)43)18-36(33)53-39/h3-4,6-9,11,13,16-19,28,34,41,50H,5,10,12,14-15,20-22H2,1-2H3,(H,44,46)(H,51,52)/t28?,34-/m0/s1. The van der Waals surface area contributed by atoms with Crippen LogP contribution in [0.25, 0.3) is 44.6 Å². The normalized spacial score (nSPS) is 18.0. The van der Waals surface area contributed by atoms with Crippen LogP contribution in [0.15, 0.2) is 77.5 Å². The molecular weight excluding hydrogens is 694 g/mol. The van der Waals surface area contributed by atoms with Gasteiger partial charge in [-0.1, -0.05) is 24.3 Å². The largest absolute Gasteiger partial charge is 0.480 e. The van der Waals surface area contributed by atoms with E-state index in [0.29, 0.717) is 48.7 Å². The number of fused-ring (bicyclic) bond motifs is 2. The number of carboxylic acids is 1. The number of halogens is 2. The number of carbonyl (C=O) groups is 1. The first kappa shape index (κ1) is 35.5. The molecule has 278 valence electrons. The molecule has 8 rings (SSSR count). The van der Waals surface area contributed by atoms with Crippen LogP contribution < -0.4 is 10.1 Å². The summed E-state index contributed by atoms with van der Waals surface area (Å²) in [6, 6.07) is 18.4. The van der Waals surface area contributed by atoms with Gasteiger partial charge >= 0.3 is 12.6 Å². The summed E-state index contributed by atoms with van der Waals surface area (Å²) in [6.45, 7) is 3.92. The Labute approximate surface area is 310 Å². The summed E-state index contributed by atoms with van der Waals surface area (Å²) in [5, 5.41) is 24.1. The number of aliphatic hydroxyl groups excluding tert-OH is 1. The maximum Gasteiger partial charge on any atom is 0.387 e. The smallest absolute Gasteiger partial charge is 0.387 e. The summed E-state index contributed by atoms with van der Waals surface area (Å²) >= 11 is 0. The van der Waals surface area contributed by atoms with Crippen molar-refractivity contribution in [3.05, 3.63) is 95.3 Å². The number of likely N-dealkylation sites (tertiary alicyclic amines) is 2. The minimum atomic E-state index is -3.06. The SMILES string of the molecule is Cc1c(Nc2nccc3cc(CN4CCC(O)C4)cnc23)cccc1-c1cccc(-c2nc3cc(CN4CCC[C@H]4C(=O)O)c(OC(F)F)cc3o2)c1C. The van der Waals surface area contributed by atoms with E-state index in [4.69, 9.17) is 19.1 Å². The van der Waals surface area contributed by atoms with Crippen LogP contribution in [0.4, 0.5) is 20.3 Å². The fourth-order valence-electron chi connectivity index (χ4n) is 7.80. The van der Waals surface area contributed by atoms with Gasteiger partial charge < -0.3 is 24.7 Å². The molecule has 54 heavy (non-hydrogen) atoms. The van der Waals surface area contributed by atoms with Crippen molar-refractivity contribution in [2.75, 3.05) is 25.0 Å². The predicted octanol–water partition coefficient (Wildman–Crippen LogP) is 7.68. The number of aromatic nitrogens is 3. The molecule has 13 heteroatoms. The van der Waals surface area contributed by atoms with Gasteiger partial charge in [0.05, 0.1) is 6.10 Å². The molecule has 0 spiro atoms. The van der Waals surface area contributed by atoms with Crippen molar-refractivity contribution < 1.29 is 32.9 Å². The highest BCUT2D eigenvalue weighted by atomic mass is 19.3. The zero-order chi connectivity index (χ0) is 37.5. The first-order valence-corrected chi connectivity index (χ1v) is 18.1. The number of hydrogen-bond donors (Lipinski definition) is 3. The number of alkyl halides is 2. The first-order valence-electron chi connectivity index (χ1n) is 18.1. The lowest BCUT2D eigenvalue weighted by Crippen LogP contribution is -2.35. The number of aliphatic hydroxyl groups is 1. The number of nitrogens with one attached hydrogen (secondary N) is 1. The molecule has 0 radical (unpaired) electrons. The molecule has 0 bridgehead atoms. The van der Waals surface area contributed by atoms with Gasteiger partial charge in [0.2, 0.25) is 5.89 Å². The zero-order valence-corrected chi connectivity index (χ0v) is 29.9. The quantitative estimate of drug-likeness (QED) is 0.121. The molecule has 3 aromatic carbocycles. The zero-order valence-electron chi connectivity index (χ0n) is 29.9. The van der Waals surface area contributed by atoms with Crippen molar-refractivity contribution in [3.63, 3.8) is 0 Å². The first-order chi connectivity index (χ1) is 26.1. The van der Waals surface area contributed by atoms with Crippen LogP contribution in [-0.4, -0.2) is 79.3 Å². The van der Waals surface area contributed by atoms with Crippen LogP contribution in [0.3, 0.4) is 0 Å². The summed E-state index contributed by atoms with van der Waals surface area (Å²) in [5.74, 6) is -0.0356. The summed E-state index contributed by atoms with van der Waals surface area (Å²) in [7, 11) is 0. The molecule has 2 saturated heterocycles. The van der Waals surface area contributed by atoms with E-state index in [2.05, 4.69) is 27.3 Å². The number of rotatable bonds is 11. The molecule has 3 N–H and O–H groups in total. The molecule has 0 amide bonds. The lowest BCUT2D eigenvalue weighted by molar-refractivity contribution is -0.142. The number of ether oxygens (including phenoxy) is 1.